The van der Waals surface area contributed by atoms with Crippen LogP contribution in [0.2, 0.25) is 0 Å². The molecule has 0 aliphatic carbocycles. The van der Waals surface area contributed by atoms with Gasteiger partial charge >= 0.3 is 5.97 Å². The average molecular weight is 290 g/mol. The molecular weight excluding hydrogens is 268 g/mol. The van der Waals surface area contributed by atoms with Gasteiger partial charge in [0.05, 0.1) is 12.7 Å². The van der Waals surface area contributed by atoms with Gasteiger partial charge in [-0.05, 0) is 57.6 Å². The number of methoxy groups -OCH3 is 1. The molecular formula is C16H22N2O3. The SMILES string of the molecule is COC(=O)c1cc(NC(=O)C2CCN(C)CC2)ccc1C. The van der Waals surface area contributed by atoms with Crippen LogP contribution in [-0.4, -0.2) is 44.0 Å². The highest BCUT2D eigenvalue weighted by molar-refractivity contribution is 5.96. The van der Waals surface area contributed by atoms with Gasteiger partial charge in [0, 0.05) is 11.6 Å². The van der Waals surface area contributed by atoms with Gasteiger partial charge in [0.15, 0.2) is 0 Å². The van der Waals surface area contributed by atoms with Crippen LogP contribution in [0.25, 0.3) is 0 Å². The second-order valence-corrected chi connectivity index (χ2v) is 5.59. The van der Waals surface area contributed by atoms with Gasteiger partial charge < -0.3 is 15.0 Å². The number of nitrogens with zero attached hydrogens (tertiary/aromatic N) is 1. The van der Waals surface area contributed by atoms with Crippen molar-refractivity contribution in [3.8, 4) is 0 Å². The minimum Gasteiger partial charge on any atom is -0.465 e. The number of hydrogen-bond acceptors (Lipinski definition) is 4. The number of carbonyl (C=O) groups is 2. The Hall–Kier alpha value is -1.88. The maximum atomic E-state index is 12.3. The van der Waals surface area contributed by atoms with E-state index in [0.29, 0.717) is 11.3 Å². The molecule has 0 saturated carbocycles. The first kappa shape index (κ1) is 15.5. The summed E-state index contributed by atoms with van der Waals surface area (Å²) in [6.07, 6.45) is 1.75. The topological polar surface area (TPSA) is 58.6 Å². The van der Waals surface area contributed by atoms with Crippen LogP contribution in [-0.2, 0) is 9.53 Å². The molecule has 114 valence electrons. The normalized spacial score (nSPS) is 16.5. The molecule has 1 aromatic carbocycles. The van der Waals surface area contributed by atoms with E-state index >= 15 is 0 Å². The second-order valence-electron chi connectivity index (χ2n) is 5.59. The Labute approximate surface area is 125 Å². The summed E-state index contributed by atoms with van der Waals surface area (Å²) in [5, 5.41) is 2.91. The Bertz CT molecular complexity index is 534. The van der Waals surface area contributed by atoms with Crippen molar-refractivity contribution in [2.75, 3.05) is 32.6 Å². The van der Waals surface area contributed by atoms with Gasteiger partial charge in [-0.2, -0.15) is 0 Å². The molecule has 0 spiro atoms. The lowest BCUT2D eigenvalue weighted by atomic mass is 9.96. The summed E-state index contributed by atoms with van der Waals surface area (Å²) in [5.41, 5.74) is 1.96. The summed E-state index contributed by atoms with van der Waals surface area (Å²) in [4.78, 5) is 26.2. The number of ether oxygens (including phenoxy) is 1. The third kappa shape index (κ3) is 3.82. The molecule has 0 atom stereocenters. The minimum absolute atomic E-state index is 0.0303. The van der Waals surface area contributed by atoms with E-state index in [1.165, 1.54) is 7.11 Å². The van der Waals surface area contributed by atoms with E-state index in [4.69, 9.17) is 4.74 Å². The molecule has 1 heterocycles. The van der Waals surface area contributed by atoms with Crippen LogP contribution in [0.1, 0.15) is 28.8 Å². The molecule has 0 unspecified atom stereocenters. The summed E-state index contributed by atoms with van der Waals surface area (Å²) in [6.45, 7) is 3.73. The summed E-state index contributed by atoms with van der Waals surface area (Å²) < 4.78 is 4.75. The lowest BCUT2D eigenvalue weighted by Crippen LogP contribution is -2.35. The van der Waals surface area contributed by atoms with Crippen LogP contribution in [0.4, 0.5) is 5.69 Å². The van der Waals surface area contributed by atoms with Gasteiger partial charge in [-0.3, -0.25) is 4.79 Å². The van der Waals surface area contributed by atoms with Gasteiger partial charge in [-0.15, -0.1) is 0 Å². The van der Waals surface area contributed by atoms with Crippen molar-refractivity contribution in [2.45, 2.75) is 19.8 Å². The van der Waals surface area contributed by atoms with Crippen LogP contribution in [0.3, 0.4) is 0 Å². The minimum atomic E-state index is -0.386. The summed E-state index contributed by atoms with van der Waals surface area (Å²) in [6, 6.07) is 5.30. The zero-order valence-corrected chi connectivity index (χ0v) is 12.8. The number of piperidine rings is 1. The third-order valence-electron chi connectivity index (χ3n) is 4.00. The second kappa shape index (κ2) is 6.72. The number of nitrogens with one attached hydrogen (secondary N) is 1. The van der Waals surface area contributed by atoms with Gasteiger partial charge in [0.1, 0.15) is 0 Å². The average Bonchev–Trinajstić information content (AvgIpc) is 2.49. The number of likely N-dealkylation sites (tertiary alicyclic amines) is 1. The number of amides is 1. The van der Waals surface area contributed by atoms with E-state index in [0.717, 1.165) is 31.5 Å². The number of anilines is 1. The Morgan fingerprint density at radius 2 is 1.95 bits per heavy atom. The highest BCUT2D eigenvalue weighted by atomic mass is 16.5. The lowest BCUT2D eigenvalue weighted by molar-refractivity contribution is -0.121. The van der Waals surface area contributed by atoms with Gasteiger partial charge in [0.2, 0.25) is 5.91 Å². The first-order valence-electron chi connectivity index (χ1n) is 7.19. The quantitative estimate of drug-likeness (QED) is 0.866. The van der Waals surface area contributed by atoms with E-state index < -0.39 is 0 Å². The van der Waals surface area contributed by atoms with Gasteiger partial charge in [-0.1, -0.05) is 6.07 Å². The summed E-state index contributed by atoms with van der Waals surface area (Å²) >= 11 is 0. The largest absolute Gasteiger partial charge is 0.465 e. The predicted molar refractivity (Wildman–Crippen MR) is 81.4 cm³/mol. The molecule has 0 radical (unpaired) electrons. The van der Waals surface area contributed by atoms with Gasteiger partial charge in [0.25, 0.3) is 0 Å². The fourth-order valence-electron chi connectivity index (χ4n) is 2.54. The molecule has 1 N–H and O–H groups in total. The first-order chi connectivity index (χ1) is 10.0. The van der Waals surface area contributed by atoms with E-state index in [-0.39, 0.29) is 17.8 Å². The Balaban J connectivity index is 2.05. The molecule has 1 saturated heterocycles. The molecule has 0 bridgehead atoms. The van der Waals surface area contributed by atoms with E-state index in [2.05, 4.69) is 17.3 Å². The van der Waals surface area contributed by atoms with Crippen molar-refractivity contribution in [3.05, 3.63) is 29.3 Å². The van der Waals surface area contributed by atoms with Crippen molar-refractivity contribution in [1.29, 1.82) is 0 Å². The number of rotatable bonds is 3. The number of esters is 1. The predicted octanol–water partition coefficient (Wildman–Crippen LogP) is 2.06. The molecule has 5 heteroatoms. The fraction of sp³-hybridized carbons (Fsp3) is 0.500. The Kier molecular flexibility index (Phi) is 4.96. The number of hydrogen-bond donors (Lipinski definition) is 1. The molecule has 1 aliphatic heterocycles. The molecule has 21 heavy (non-hydrogen) atoms. The smallest absolute Gasteiger partial charge is 0.338 e. The molecule has 5 nitrogen and oxygen atoms in total. The van der Waals surface area contributed by atoms with E-state index in [1.807, 2.05) is 19.1 Å². The zero-order valence-electron chi connectivity index (χ0n) is 12.8. The van der Waals surface area contributed by atoms with Crippen molar-refractivity contribution in [2.24, 2.45) is 5.92 Å². The number of benzene rings is 1. The molecule has 0 aromatic heterocycles. The van der Waals surface area contributed by atoms with Crippen molar-refractivity contribution >= 4 is 17.6 Å². The van der Waals surface area contributed by atoms with Crippen LogP contribution in [0.15, 0.2) is 18.2 Å². The lowest BCUT2D eigenvalue weighted by Gasteiger charge is -2.28. The number of carbonyl (C=O) groups excluding carboxylic acids is 2. The van der Waals surface area contributed by atoms with Gasteiger partial charge in [-0.25, -0.2) is 4.79 Å². The van der Waals surface area contributed by atoms with Crippen LogP contribution >= 0.6 is 0 Å². The first-order valence-corrected chi connectivity index (χ1v) is 7.19. The molecule has 1 aliphatic rings. The third-order valence-corrected chi connectivity index (χ3v) is 4.00. The Morgan fingerprint density at radius 3 is 2.57 bits per heavy atom. The summed E-state index contributed by atoms with van der Waals surface area (Å²) in [5.74, 6) is -0.310. The maximum Gasteiger partial charge on any atom is 0.338 e. The zero-order chi connectivity index (χ0) is 15.4. The Morgan fingerprint density at radius 1 is 1.29 bits per heavy atom. The van der Waals surface area contributed by atoms with E-state index in [1.54, 1.807) is 6.07 Å². The van der Waals surface area contributed by atoms with Crippen molar-refractivity contribution in [1.82, 2.24) is 4.90 Å². The van der Waals surface area contributed by atoms with Crippen LogP contribution < -0.4 is 5.32 Å². The molecule has 1 fully saturated rings. The summed E-state index contributed by atoms with van der Waals surface area (Å²) in [7, 11) is 3.42. The van der Waals surface area contributed by atoms with E-state index in [9.17, 15) is 9.59 Å². The fourth-order valence-corrected chi connectivity index (χ4v) is 2.54. The van der Waals surface area contributed by atoms with Crippen molar-refractivity contribution < 1.29 is 14.3 Å². The monoisotopic (exact) mass is 290 g/mol. The highest BCUT2D eigenvalue weighted by Crippen LogP contribution is 2.20. The molecule has 2 rings (SSSR count). The van der Waals surface area contributed by atoms with Crippen molar-refractivity contribution in [3.63, 3.8) is 0 Å². The number of aryl methyl sites for hydroxylation is 1. The standard InChI is InChI=1S/C16H22N2O3/c1-11-4-5-13(10-14(11)16(20)21-3)17-15(19)12-6-8-18(2)9-7-12/h4-5,10,12H,6-9H2,1-3H3,(H,17,19). The van der Waals surface area contributed by atoms with Crippen LogP contribution in [0, 0.1) is 12.8 Å². The highest BCUT2D eigenvalue weighted by Gasteiger charge is 2.23. The van der Waals surface area contributed by atoms with Crippen LogP contribution in [0.5, 0.6) is 0 Å². The molecule has 1 amide bonds. The maximum absolute atomic E-state index is 12.3. The molecule has 1 aromatic rings.